The first-order chi connectivity index (χ1) is 29.8. The van der Waals surface area contributed by atoms with Crippen LogP contribution in [0.1, 0.15) is 0 Å². The Morgan fingerprint density at radius 1 is 0.333 bits per heavy atom. The van der Waals surface area contributed by atoms with Crippen molar-refractivity contribution in [3.8, 4) is 11.5 Å². The van der Waals surface area contributed by atoms with Crippen LogP contribution in [0.2, 0.25) is 0 Å². The third-order valence-electron chi connectivity index (χ3n) is 11.9. The number of hydrogen-bond acceptors (Lipinski definition) is 5. The van der Waals surface area contributed by atoms with Crippen molar-refractivity contribution in [1.29, 1.82) is 0 Å². The Morgan fingerprint density at radius 2 is 0.817 bits per heavy atom. The normalized spacial score (nSPS) is 12.7. The van der Waals surface area contributed by atoms with Gasteiger partial charge < -0.3 is 24.3 Å². The molecule has 0 radical (unpaired) electrons. The minimum Gasteiger partial charge on any atom is -0.453 e. The molecule has 0 unspecified atom stereocenters. The summed E-state index contributed by atoms with van der Waals surface area (Å²) in [7, 11) is 0. The second kappa shape index (κ2) is 13.9. The summed E-state index contributed by atoms with van der Waals surface area (Å²) in [6, 6.07) is 80.3. The van der Waals surface area contributed by atoms with Crippen molar-refractivity contribution in [2.45, 2.75) is 0 Å². The van der Waals surface area contributed by atoms with E-state index in [2.05, 4.69) is 244 Å². The Kier molecular flexibility index (Phi) is 7.88. The zero-order valence-electron chi connectivity index (χ0n) is 32.6. The van der Waals surface area contributed by atoms with Gasteiger partial charge in [-0.2, -0.15) is 0 Å². The molecule has 9 aromatic rings. The van der Waals surface area contributed by atoms with Gasteiger partial charge in [-0.1, -0.05) is 121 Å². The molecule has 282 valence electrons. The lowest BCUT2D eigenvalue weighted by atomic mass is 9.33. The fourth-order valence-electron chi connectivity index (χ4n) is 9.49. The van der Waals surface area contributed by atoms with E-state index in [1.54, 1.807) is 0 Å². The van der Waals surface area contributed by atoms with Gasteiger partial charge in [-0.15, -0.1) is 0 Å². The highest BCUT2D eigenvalue weighted by Gasteiger charge is 2.46. The van der Waals surface area contributed by atoms with E-state index in [0.29, 0.717) is 0 Å². The number of ether oxygens (including phenoxy) is 1. The number of benzene rings is 9. The molecule has 3 heterocycles. The van der Waals surface area contributed by atoms with Crippen LogP contribution in [0.15, 0.2) is 224 Å². The van der Waals surface area contributed by atoms with Gasteiger partial charge in [0, 0.05) is 51.2 Å². The van der Waals surface area contributed by atoms with E-state index in [0.717, 1.165) is 79.7 Å². The minimum absolute atomic E-state index is 0.0723. The number of hydrogen-bond donors (Lipinski definition) is 0. The molecule has 0 saturated carbocycles. The average molecular weight is 769 g/mol. The van der Waals surface area contributed by atoms with Crippen molar-refractivity contribution in [3.05, 3.63) is 224 Å². The smallest absolute Gasteiger partial charge is 0.252 e. The van der Waals surface area contributed by atoms with Crippen LogP contribution in [0.3, 0.4) is 0 Å². The maximum Gasteiger partial charge on any atom is 0.252 e. The SMILES string of the molecule is c1ccc(N(c2ccccc2)c2ccc3c(c2)N(c2ccccc2)c2cc(N(c4ccccc4)c4ccccc4)cc4c2B3c2cccc3c2N4c2ccccc2O3)cc1. The van der Waals surface area contributed by atoms with Gasteiger partial charge in [0.15, 0.2) is 11.5 Å². The molecule has 0 aromatic heterocycles. The van der Waals surface area contributed by atoms with Crippen molar-refractivity contribution >= 4 is 91.3 Å². The molecule has 3 aliphatic heterocycles. The van der Waals surface area contributed by atoms with E-state index in [1.165, 1.54) is 16.4 Å². The molecular formula is C54H37BN4O. The molecule has 60 heavy (non-hydrogen) atoms. The summed E-state index contributed by atoms with van der Waals surface area (Å²) in [6.45, 7) is -0.0723. The minimum atomic E-state index is -0.0723. The van der Waals surface area contributed by atoms with Crippen LogP contribution in [0, 0.1) is 0 Å². The summed E-state index contributed by atoms with van der Waals surface area (Å²) in [5.74, 6) is 1.69. The largest absolute Gasteiger partial charge is 0.453 e. The van der Waals surface area contributed by atoms with Gasteiger partial charge in [0.2, 0.25) is 0 Å². The van der Waals surface area contributed by atoms with E-state index < -0.39 is 0 Å². The Bertz CT molecular complexity index is 2960. The molecule has 9 aromatic carbocycles. The van der Waals surface area contributed by atoms with Crippen molar-refractivity contribution in [2.75, 3.05) is 19.6 Å². The van der Waals surface area contributed by atoms with Crippen LogP contribution in [0.5, 0.6) is 11.5 Å². The molecule has 12 rings (SSSR count). The highest BCUT2D eigenvalue weighted by molar-refractivity contribution is 7.00. The number of para-hydroxylation sites is 8. The van der Waals surface area contributed by atoms with Crippen LogP contribution in [0.25, 0.3) is 0 Å². The van der Waals surface area contributed by atoms with Gasteiger partial charge >= 0.3 is 0 Å². The quantitative estimate of drug-likeness (QED) is 0.150. The zero-order valence-corrected chi connectivity index (χ0v) is 32.6. The van der Waals surface area contributed by atoms with Crippen LogP contribution < -0.4 is 40.7 Å². The molecule has 0 N–H and O–H groups in total. The van der Waals surface area contributed by atoms with Gasteiger partial charge in [-0.3, -0.25) is 0 Å². The molecule has 0 spiro atoms. The lowest BCUT2D eigenvalue weighted by molar-refractivity contribution is 0.477. The summed E-state index contributed by atoms with van der Waals surface area (Å²) in [5, 5.41) is 0. The van der Waals surface area contributed by atoms with Gasteiger partial charge in [0.1, 0.15) is 0 Å². The van der Waals surface area contributed by atoms with Crippen molar-refractivity contribution in [3.63, 3.8) is 0 Å². The summed E-state index contributed by atoms with van der Waals surface area (Å²) >= 11 is 0. The van der Waals surface area contributed by atoms with E-state index in [1.807, 2.05) is 0 Å². The van der Waals surface area contributed by atoms with Gasteiger partial charge in [0.05, 0.1) is 17.1 Å². The standard InChI is InChI=1S/C54H37BN4O/c1-6-19-38(20-7-1)56(39-21-8-2-9-22-39)43-33-34-45-48(35-43)58(42-27-14-5-15-28-42)49-36-44(57(40-23-10-3-11-24-40)41-25-12-4-13-26-41)37-50-53(49)55(45)46-29-18-32-52-54(46)59(50)47-30-16-17-31-51(47)60-52/h1-37H. The molecule has 0 aliphatic carbocycles. The van der Waals surface area contributed by atoms with E-state index in [-0.39, 0.29) is 6.71 Å². The van der Waals surface area contributed by atoms with Crippen LogP contribution in [0.4, 0.5) is 68.2 Å². The fraction of sp³-hybridized carbons (Fsp3) is 0. The topological polar surface area (TPSA) is 22.2 Å². The molecule has 0 saturated heterocycles. The van der Waals surface area contributed by atoms with E-state index in [4.69, 9.17) is 4.74 Å². The Balaban J connectivity index is 1.18. The first-order valence-electron chi connectivity index (χ1n) is 20.5. The second-order valence-corrected chi connectivity index (χ2v) is 15.4. The Hall–Kier alpha value is -7.96. The van der Waals surface area contributed by atoms with Crippen LogP contribution in [-0.2, 0) is 0 Å². The lowest BCUT2D eigenvalue weighted by Crippen LogP contribution is -2.61. The third-order valence-corrected chi connectivity index (χ3v) is 11.9. The van der Waals surface area contributed by atoms with Crippen molar-refractivity contribution in [1.82, 2.24) is 0 Å². The second-order valence-electron chi connectivity index (χ2n) is 15.4. The summed E-state index contributed by atoms with van der Waals surface area (Å²) in [4.78, 5) is 9.67. The third kappa shape index (κ3) is 5.35. The number of anilines is 12. The van der Waals surface area contributed by atoms with Crippen molar-refractivity contribution < 1.29 is 4.74 Å². The maximum absolute atomic E-state index is 6.75. The summed E-state index contributed by atoms with van der Waals surface area (Å²) in [5.41, 5.74) is 16.8. The average Bonchev–Trinajstić information content (AvgIpc) is 3.31. The highest BCUT2D eigenvalue weighted by Crippen LogP contribution is 2.54. The summed E-state index contributed by atoms with van der Waals surface area (Å²) in [6.07, 6.45) is 0. The molecule has 0 amide bonds. The summed E-state index contributed by atoms with van der Waals surface area (Å²) < 4.78 is 6.75. The lowest BCUT2D eigenvalue weighted by Gasteiger charge is -2.46. The van der Waals surface area contributed by atoms with Crippen LogP contribution >= 0.6 is 0 Å². The molecule has 0 bridgehead atoms. The number of fused-ring (bicyclic) bond motifs is 6. The maximum atomic E-state index is 6.75. The predicted molar refractivity (Wildman–Crippen MR) is 250 cm³/mol. The van der Waals surface area contributed by atoms with Crippen LogP contribution in [-0.4, -0.2) is 6.71 Å². The molecule has 5 nitrogen and oxygen atoms in total. The first kappa shape index (κ1) is 34.1. The van der Waals surface area contributed by atoms with Gasteiger partial charge in [-0.25, -0.2) is 0 Å². The first-order valence-corrected chi connectivity index (χ1v) is 20.5. The molecule has 0 fully saturated rings. The monoisotopic (exact) mass is 768 g/mol. The fourth-order valence-corrected chi connectivity index (χ4v) is 9.49. The molecule has 3 aliphatic rings. The zero-order chi connectivity index (χ0) is 39.6. The van der Waals surface area contributed by atoms with E-state index >= 15 is 0 Å². The predicted octanol–water partition coefficient (Wildman–Crippen LogP) is 12.8. The number of rotatable bonds is 7. The van der Waals surface area contributed by atoms with Crippen molar-refractivity contribution in [2.24, 2.45) is 0 Å². The molecular weight excluding hydrogens is 731 g/mol. The Morgan fingerprint density at radius 3 is 1.42 bits per heavy atom. The van der Waals surface area contributed by atoms with Gasteiger partial charge in [0.25, 0.3) is 6.71 Å². The van der Waals surface area contributed by atoms with E-state index in [9.17, 15) is 0 Å². The Labute approximate surface area is 350 Å². The molecule has 0 atom stereocenters. The van der Waals surface area contributed by atoms with Gasteiger partial charge in [-0.05, 0) is 120 Å². The number of nitrogens with zero attached hydrogens (tertiary/aromatic N) is 4. The highest BCUT2D eigenvalue weighted by atomic mass is 16.5. The molecule has 6 heteroatoms.